The minimum atomic E-state index is -4.00. The second-order valence-corrected chi connectivity index (χ2v) is 6.84. The average molecular weight is 326 g/mol. The van der Waals surface area contributed by atoms with Gasteiger partial charge in [-0.3, -0.25) is 5.10 Å². The molecule has 7 nitrogen and oxygen atoms in total. The SMILES string of the molecule is CO[C@@H]1C[C@@H](c2ncn[nH]2)N(S(=O)(=O)c2ccccc2F)C1. The monoisotopic (exact) mass is 326 g/mol. The van der Waals surface area contributed by atoms with E-state index in [4.69, 9.17) is 4.74 Å². The first-order chi connectivity index (χ1) is 10.5. The number of methoxy groups -OCH3 is 1. The third-order valence-electron chi connectivity index (χ3n) is 3.72. The third kappa shape index (κ3) is 2.51. The highest BCUT2D eigenvalue weighted by atomic mass is 32.2. The summed E-state index contributed by atoms with van der Waals surface area (Å²) in [5, 5.41) is 6.43. The minimum Gasteiger partial charge on any atom is -0.380 e. The zero-order valence-electron chi connectivity index (χ0n) is 11.8. The molecule has 1 aromatic carbocycles. The summed E-state index contributed by atoms with van der Waals surface area (Å²) in [7, 11) is -2.48. The zero-order valence-corrected chi connectivity index (χ0v) is 12.6. The van der Waals surface area contributed by atoms with Gasteiger partial charge in [-0.05, 0) is 18.6 Å². The van der Waals surface area contributed by atoms with Crippen molar-refractivity contribution in [1.29, 1.82) is 0 Å². The third-order valence-corrected chi connectivity index (χ3v) is 5.63. The fraction of sp³-hybridized carbons (Fsp3) is 0.385. The van der Waals surface area contributed by atoms with E-state index in [-0.39, 0.29) is 17.5 Å². The summed E-state index contributed by atoms with van der Waals surface area (Å²) in [6.07, 6.45) is 1.46. The molecule has 0 amide bonds. The highest BCUT2D eigenvalue weighted by molar-refractivity contribution is 7.89. The molecule has 1 saturated heterocycles. The second kappa shape index (κ2) is 5.75. The molecule has 1 aliphatic heterocycles. The molecule has 0 unspecified atom stereocenters. The standard InChI is InChI=1S/C13H15FN4O3S/c1-21-9-6-11(13-15-8-16-17-13)18(7-9)22(19,20)12-5-3-2-4-10(12)14/h2-5,8-9,11H,6-7H2,1H3,(H,15,16,17)/t9-,11+/m1/s1. The van der Waals surface area contributed by atoms with Crippen LogP contribution in [0, 0.1) is 5.82 Å². The fourth-order valence-electron chi connectivity index (χ4n) is 2.61. The van der Waals surface area contributed by atoms with Crippen molar-refractivity contribution >= 4 is 10.0 Å². The summed E-state index contributed by atoms with van der Waals surface area (Å²) in [6.45, 7) is 0.137. The Morgan fingerprint density at radius 2 is 2.18 bits per heavy atom. The summed E-state index contributed by atoms with van der Waals surface area (Å²) in [5.41, 5.74) is 0. The first-order valence-corrected chi connectivity index (χ1v) is 8.12. The van der Waals surface area contributed by atoms with Crippen LogP contribution in [0.5, 0.6) is 0 Å². The van der Waals surface area contributed by atoms with E-state index in [2.05, 4.69) is 15.2 Å². The average Bonchev–Trinajstić information content (AvgIpc) is 3.16. The van der Waals surface area contributed by atoms with E-state index in [1.54, 1.807) is 0 Å². The number of ether oxygens (including phenoxy) is 1. The first kappa shape index (κ1) is 15.1. The van der Waals surface area contributed by atoms with Crippen LogP contribution in [0.25, 0.3) is 0 Å². The number of aromatic amines is 1. The van der Waals surface area contributed by atoms with Gasteiger partial charge in [-0.1, -0.05) is 12.1 Å². The molecule has 118 valence electrons. The van der Waals surface area contributed by atoms with Crippen LogP contribution in [0.2, 0.25) is 0 Å². The maximum Gasteiger partial charge on any atom is 0.246 e. The number of nitrogens with one attached hydrogen (secondary N) is 1. The Bertz CT molecular complexity index is 750. The molecule has 0 radical (unpaired) electrons. The number of aromatic nitrogens is 3. The molecule has 1 aliphatic rings. The quantitative estimate of drug-likeness (QED) is 0.909. The number of nitrogens with zero attached hydrogens (tertiary/aromatic N) is 3. The highest BCUT2D eigenvalue weighted by Gasteiger charge is 2.43. The predicted octanol–water partition coefficient (Wildman–Crippen LogP) is 1.09. The topological polar surface area (TPSA) is 88.2 Å². The Kier molecular flexibility index (Phi) is 3.94. The molecule has 2 atom stereocenters. The number of H-pyrrole nitrogens is 1. The molecule has 2 heterocycles. The normalized spacial score (nSPS) is 23.0. The Morgan fingerprint density at radius 3 is 2.82 bits per heavy atom. The van der Waals surface area contributed by atoms with E-state index >= 15 is 0 Å². The van der Waals surface area contributed by atoms with Crippen molar-refractivity contribution in [3.8, 4) is 0 Å². The van der Waals surface area contributed by atoms with Crippen LogP contribution in [-0.2, 0) is 14.8 Å². The van der Waals surface area contributed by atoms with Gasteiger partial charge in [0.05, 0.1) is 12.1 Å². The van der Waals surface area contributed by atoms with E-state index in [1.165, 1.54) is 35.9 Å². The molecular weight excluding hydrogens is 311 g/mol. The lowest BCUT2D eigenvalue weighted by Crippen LogP contribution is -2.33. The number of rotatable bonds is 4. The second-order valence-electron chi connectivity index (χ2n) is 4.99. The van der Waals surface area contributed by atoms with E-state index in [1.807, 2.05) is 0 Å². The van der Waals surface area contributed by atoms with Crippen LogP contribution < -0.4 is 0 Å². The Hall–Kier alpha value is -1.84. The number of halogens is 1. The van der Waals surface area contributed by atoms with Crippen molar-refractivity contribution in [2.24, 2.45) is 0 Å². The van der Waals surface area contributed by atoms with E-state index in [9.17, 15) is 12.8 Å². The number of benzene rings is 1. The molecule has 1 fully saturated rings. The molecule has 3 rings (SSSR count). The van der Waals surface area contributed by atoms with Crippen molar-refractivity contribution < 1.29 is 17.5 Å². The van der Waals surface area contributed by atoms with Gasteiger partial charge in [-0.2, -0.15) is 9.40 Å². The van der Waals surface area contributed by atoms with E-state index in [0.717, 1.165) is 6.07 Å². The molecule has 0 bridgehead atoms. The summed E-state index contributed by atoms with van der Waals surface area (Å²) < 4.78 is 46.0. The fourth-order valence-corrected chi connectivity index (χ4v) is 4.31. The maximum absolute atomic E-state index is 13.9. The molecule has 1 aromatic heterocycles. The van der Waals surface area contributed by atoms with Crippen molar-refractivity contribution in [3.05, 3.63) is 42.2 Å². The Labute approximate surface area is 127 Å². The number of sulfonamides is 1. The zero-order chi connectivity index (χ0) is 15.7. The van der Waals surface area contributed by atoms with Crippen LogP contribution in [0.3, 0.4) is 0 Å². The summed E-state index contributed by atoms with van der Waals surface area (Å²) in [5.74, 6) is -0.362. The summed E-state index contributed by atoms with van der Waals surface area (Å²) >= 11 is 0. The Balaban J connectivity index is 2.02. The maximum atomic E-state index is 13.9. The largest absolute Gasteiger partial charge is 0.380 e. The van der Waals surface area contributed by atoms with Crippen molar-refractivity contribution in [2.75, 3.05) is 13.7 Å². The van der Waals surface area contributed by atoms with Gasteiger partial charge in [0.1, 0.15) is 22.9 Å². The van der Waals surface area contributed by atoms with Crippen LogP contribution >= 0.6 is 0 Å². The summed E-state index contributed by atoms with van der Waals surface area (Å²) in [4.78, 5) is 3.67. The van der Waals surface area contributed by atoms with Crippen LogP contribution in [0.15, 0.2) is 35.5 Å². The van der Waals surface area contributed by atoms with Crippen LogP contribution in [0.1, 0.15) is 18.3 Å². The van der Waals surface area contributed by atoms with Crippen molar-refractivity contribution in [2.45, 2.75) is 23.5 Å². The van der Waals surface area contributed by atoms with Gasteiger partial charge < -0.3 is 4.74 Å². The van der Waals surface area contributed by atoms with E-state index < -0.39 is 21.9 Å². The van der Waals surface area contributed by atoms with Crippen LogP contribution in [-0.4, -0.2) is 47.7 Å². The molecule has 0 spiro atoms. The Morgan fingerprint density at radius 1 is 1.41 bits per heavy atom. The molecule has 0 aliphatic carbocycles. The van der Waals surface area contributed by atoms with Gasteiger partial charge in [-0.15, -0.1) is 0 Å². The van der Waals surface area contributed by atoms with Gasteiger partial charge in [0.25, 0.3) is 0 Å². The number of hydrogen-bond acceptors (Lipinski definition) is 5. The van der Waals surface area contributed by atoms with Gasteiger partial charge in [0, 0.05) is 13.7 Å². The highest BCUT2D eigenvalue weighted by Crippen LogP contribution is 2.36. The van der Waals surface area contributed by atoms with Gasteiger partial charge >= 0.3 is 0 Å². The van der Waals surface area contributed by atoms with E-state index in [0.29, 0.717) is 12.2 Å². The van der Waals surface area contributed by atoms with Gasteiger partial charge in [0.2, 0.25) is 10.0 Å². The number of hydrogen-bond donors (Lipinski definition) is 1. The lowest BCUT2D eigenvalue weighted by atomic mass is 10.2. The lowest BCUT2D eigenvalue weighted by Gasteiger charge is -2.22. The molecule has 0 saturated carbocycles. The smallest absolute Gasteiger partial charge is 0.246 e. The molecule has 1 N–H and O–H groups in total. The van der Waals surface area contributed by atoms with Crippen LogP contribution in [0.4, 0.5) is 4.39 Å². The van der Waals surface area contributed by atoms with Crippen molar-refractivity contribution in [1.82, 2.24) is 19.5 Å². The molecular formula is C13H15FN4O3S. The molecule has 9 heteroatoms. The lowest BCUT2D eigenvalue weighted by molar-refractivity contribution is 0.114. The summed E-state index contributed by atoms with van der Waals surface area (Å²) in [6, 6.07) is 4.76. The minimum absolute atomic E-state index is 0.137. The van der Waals surface area contributed by atoms with Gasteiger partial charge in [0.15, 0.2) is 0 Å². The van der Waals surface area contributed by atoms with Crippen molar-refractivity contribution in [3.63, 3.8) is 0 Å². The molecule has 2 aromatic rings. The van der Waals surface area contributed by atoms with Gasteiger partial charge in [-0.25, -0.2) is 17.8 Å². The molecule has 22 heavy (non-hydrogen) atoms. The predicted molar refractivity (Wildman–Crippen MR) is 74.8 cm³/mol. The first-order valence-electron chi connectivity index (χ1n) is 6.68.